The standard InChI is InChI=1S/C16H15BrN4O2S/c17-14-3-5-15(6-4-14)24(22,23)21-10-8-20(9-11-21)16-13(12-18)2-1-7-19-16/h1-7H,8-11H2. The fourth-order valence-corrected chi connectivity index (χ4v) is 4.32. The molecular weight excluding hydrogens is 392 g/mol. The summed E-state index contributed by atoms with van der Waals surface area (Å²) in [5.74, 6) is 0.612. The van der Waals surface area contributed by atoms with Crippen LogP contribution in [0.25, 0.3) is 0 Å². The van der Waals surface area contributed by atoms with Gasteiger partial charge in [0.25, 0.3) is 0 Å². The predicted molar refractivity (Wildman–Crippen MR) is 94.1 cm³/mol. The van der Waals surface area contributed by atoms with E-state index in [0.717, 1.165) is 4.47 Å². The fraction of sp³-hybridized carbons (Fsp3) is 0.250. The Morgan fingerprint density at radius 1 is 1.08 bits per heavy atom. The molecule has 8 heteroatoms. The molecule has 124 valence electrons. The van der Waals surface area contributed by atoms with Crippen LogP contribution in [0.2, 0.25) is 0 Å². The Labute approximate surface area is 149 Å². The normalized spacial score (nSPS) is 15.9. The molecule has 3 rings (SSSR count). The van der Waals surface area contributed by atoms with Crippen molar-refractivity contribution in [1.82, 2.24) is 9.29 Å². The van der Waals surface area contributed by atoms with Crippen LogP contribution < -0.4 is 4.90 Å². The van der Waals surface area contributed by atoms with Gasteiger partial charge < -0.3 is 4.90 Å². The second-order valence-corrected chi connectivity index (χ2v) is 8.19. The number of nitrogens with zero attached hydrogens (tertiary/aromatic N) is 4. The minimum Gasteiger partial charge on any atom is -0.353 e. The van der Waals surface area contributed by atoms with Gasteiger partial charge in [-0.2, -0.15) is 9.57 Å². The summed E-state index contributed by atoms with van der Waals surface area (Å²) in [6.07, 6.45) is 1.64. The molecule has 0 bridgehead atoms. The molecular formula is C16H15BrN4O2S. The average Bonchev–Trinajstić information content (AvgIpc) is 2.62. The van der Waals surface area contributed by atoms with Crippen molar-refractivity contribution >= 4 is 31.8 Å². The minimum absolute atomic E-state index is 0.287. The number of rotatable bonds is 3. The van der Waals surface area contributed by atoms with Crippen molar-refractivity contribution in [1.29, 1.82) is 5.26 Å². The lowest BCUT2D eigenvalue weighted by atomic mass is 10.2. The predicted octanol–water partition coefficient (Wildman–Crippen LogP) is 2.23. The average molecular weight is 407 g/mol. The van der Waals surface area contributed by atoms with Gasteiger partial charge in [-0.05, 0) is 36.4 Å². The van der Waals surface area contributed by atoms with Crippen molar-refractivity contribution < 1.29 is 8.42 Å². The van der Waals surface area contributed by atoms with Gasteiger partial charge in [0, 0.05) is 36.8 Å². The van der Waals surface area contributed by atoms with Crippen LogP contribution in [0.4, 0.5) is 5.82 Å². The van der Waals surface area contributed by atoms with Gasteiger partial charge in [0.15, 0.2) is 0 Å². The van der Waals surface area contributed by atoms with Crippen molar-refractivity contribution in [2.45, 2.75) is 4.90 Å². The number of sulfonamides is 1. The SMILES string of the molecule is N#Cc1cccnc1N1CCN(S(=O)(=O)c2ccc(Br)cc2)CC1. The third kappa shape index (κ3) is 3.29. The molecule has 0 N–H and O–H groups in total. The topological polar surface area (TPSA) is 77.3 Å². The number of benzene rings is 1. The van der Waals surface area contributed by atoms with Gasteiger partial charge in [0.1, 0.15) is 11.9 Å². The second-order valence-electron chi connectivity index (χ2n) is 5.33. The van der Waals surface area contributed by atoms with E-state index in [9.17, 15) is 13.7 Å². The number of anilines is 1. The largest absolute Gasteiger partial charge is 0.353 e. The van der Waals surface area contributed by atoms with Crippen LogP contribution in [0.3, 0.4) is 0 Å². The molecule has 6 nitrogen and oxygen atoms in total. The molecule has 0 atom stereocenters. The number of piperazine rings is 1. The van der Waals surface area contributed by atoms with Gasteiger partial charge in [-0.15, -0.1) is 0 Å². The monoisotopic (exact) mass is 406 g/mol. The highest BCUT2D eigenvalue weighted by Crippen LogP contribution is 2.23. The van der Waals surface area contributed by atoms with Crippen LogP contribution >= 0.6 is 15.9 Å². The molecule has 2 heterocycles. The van der Waals surface area contributed by atoms with E-state index in [0.29, 0.717) is 37.6 Å². The molecule has 0 amide bonds. The van der Waals surface area contributed by atoms with Gasteiger partial charge >= 0.3 is 0 Å². The van der Waals surface area contributed by atoms with Gasteiger partial charge in [0.2, 0.25) is 10.0 Å². The highest BCUT2D eigenvalue weighted by molar-refractivity contribution is 9.10. The number of hydrogen-bond donors (Lipinski definition) is 0. The molecule has 1 aliphatic rings. The lowest BCUT2D eigenvalue weighted by Gasteiger charge is -2.34. The highest BCUT2D eigenvalue weighted by Gasteiger charge is 2.29. The Hall–Kier alpha value is -1.95. The second kappa shape index (κ2) is 6.89. The maximum absolute atomic E-state index is 12.7. The van der Waals surface area contributed by atoms with Gasteiger partial charge in [0.05, 0.1) is 10.5 Å². The number of pyridine rings is 1. The first kappa shape index (κ1) is 16.9. The molecule has 24 heavy (non-hydrogen) atoms. The molecule has 1 aromatic heterocycles. The first-order valence-corrected chi connectivity index (χ1v) is 9.61. The lowest BCUT2D eigenvalue weighted by Crippen LogP contribution is -2.49. The molecule has 2 aromatic rings. The zero-order valence-corrected chi connectivity index (χ0v) is 15.2. The molecule has 1 aromatic carbocycles. The number of hydrogen-bond acceptors (Lipinski definition) is 5. The van der Waals surface area contributed by atoms with E-state index in [2.05, 4.69) is 27.0 Å². The zero-order chi connectivity index (χ0) is 17.2. The smallest absolute Gasteiger partial charge is 0.243 e. The van der Waals surface area contributed by atoms with Crippen LogP contribution in [0, 0.1) is 11.3 Å². The summed E-state index contributed by atoms with van der Waals surface area (Å²) in [5, 5.41) is 9.17. The van der Waals surface area contributed by atoms with E-state index in [4.69, 9.17) is 0 Å². The highest BCUT2D eigenvalue weighted by atomic mass is 79.9. The Kier molecular flexibility index (Phi) is 4.85. The minimum atomic E-state index is -3.50. The van der Waals surface area contributed by atoms with E-state index in [1.165, 1.54) is 4.31 Å². The molecule has 1 saturated heterocycles. The first-order chi connectivity index (χ1) is 11.5. The number of nitriles is 1. The van der Waals surface area contributed by atoms with Crippen LogP contribution in [0.5, 0.6) is 0 Å². The summed E-state index contributed by atoms with van der Waals surface area (Å²) in [4.78, 5) is 6.50. The van der Waals surface area contributed by atoms with E-state index in [-0.39, 0.29) is 4.90 Å². The summed E-state index contributed by atoms with van der Waals surface area (Å²) in [6.45, 7) is 1.72. The lowest BCUT2D eigenvalue weighted by molar-refractivity contribution is 0.383. The molecule has 0 radical (unpaired) electrons. The van der Waals surface area contributed by atoms with Crippen LogP contribution in [0.1, 0.15) is 5.56 Å². The van der Waals surface area contributed by atoms with Crippen molar-refractivity contribution in [2.75, 3.05) is 31.1 Å². The molecule has 0 spiro atoms. The molecule has 1 aliphatic heterocycles. The Morgan fingerprint density at radius 2 is 1.75 bits per heavy atom. The van der Waals surface area contributed by atoms with E-state index in [1.807, 2.05) is 4.90 Å². The molecule has 0 saturated carbocycles. The Bertz CT molecular complexity index is 870. The van der Waals surface area contributed by atoms with Crippen molar-refractivity contribution in [3.05, 3.63) is 52.6 Å². The quantitative estimate of drug-likeness (QED) is 0.780. The number of aromatic nitrogens is 1. The van der Waals surface area contributed by atoms with Crippen LogP contribution in [-0.4, -0.2) is 43.9 Å². The zero-order valence-electron chi connectivity index (χ0n) is 12.8. The van der Waals surface area contributed by atoms with Crippen molar-refractivity contribution in [3.63, 3.8) is 0 Å². The maximum atomic E-state index is 12.7. The van der Waals surface area contributed by atoms with E-state index in [1.54, 1.807) is 42.6 Å². The van der Waals surface area contributed by atoms with Crippen molar-refractivity contribution in [3.8, 4) is 6.07 Å². The van der Waals surface area contributed by atoms with Gasteiger partial charge in [-0.1, -0.05) is 15.9 Å². The summed E-state index contributed by atoms with van der Waals surface area (Å²) in [5.41, 5.74) is 0.502. The Morgan fingerprint density at radius 3 is 2.38 bits per heavy atom. The molecule has 1 fully saturated rings. The maximum Gasteiger partial charge on any atom is 0.243 e. The summed E-state index contributed by atoms with van der Waals surface area (Å²) < 4.78 is 27.7. The summed E-state index contributed by atoms with van der Waals surface area (Å²) in [7, 11) is -3.50. The molecule has 0 aliphatic carbocycles. The summed E-state index contributed by atoms with van der Waals surface area (Å²) in [6, 6.07) is 12.2. The van der Waals surface area contributed by atoms with E-state index >= 15 is 0 Å². The first-order valence-electron chi connectivity index (χ1n) is 7.38. The number of halogens is 1. The summed E-state index contributed by atoms with van der Waals surface area (Å²) >= 11 is 3.31. The van der Waals surface area contributed by atoms with Crippen LogP contribution in [-0.2, 0) is 10.0 Å². The third-order valence-corrected chi connectivity index (χ3v) is 6.34. The molecule has 0 unspecified atom stereocenters. The van der Waals surface area contributed by atoms with Gasteiger partial charge in [-0.25, -0.2) is 13.4 Å². The van der Waals surface area contributed by atoms with Crippen LogP contribution in [0.15, 0.2) is 52.0 Å². The third-order valence-electron chi connectivity index (χ3n) is 3.90. The van der Waals surface area contributed by atoms with Gasteiger partial charge in [-0.3, -0.25) is 0 Å². The Balaban J connectivity index is 1.75. The van der Waals surface area contributed by atoms with Crippen molar-refractivity contribution in [2.24, 2.45) is 0 Å². The van der Waals surface area contributed by atoms with E-state index < -0.39 is 10.0 Å². The fourth-order valence-electron chi connectivity index (χ4n) is 2.63.